The topological polar surface area (TPSA) is 78.9 Å². The van der Waals surface area contributed by atoms with Crippen LogP contribution in [0.2, 0.25) is 0 Å². The maximum Gasteiger partial charge on any atom is 0.306 e. The number of unbranched alkanes of at least 4 members (excludes halogenated alkanes) is 50. The molecular weight excluding hydrogens is 913 g/mol. The second kappa shape index (κ2) is 63.7. The molecule has 0 aromatic carbocycles. The van der Waals surface area contributed by atoms with Gasteiger partial charge in [-0.25, -0.2) is 0 Å². The Balaban J connectivity index is 4.00. The third-order valence-electron chi connectivity index (χ3n) is 15.5. The molecule has 0 amide bonds. The highest BCUT2D eigenvalue weighted by molar-refractivity contribution is 5.71. The summed E-state index contributed by atoms with van der Waals surface area (Å²) in [6.45, 7) is 6.66. The Labute approximate surface area is 462 Å². The third-order valence-corrected chi connectivity index (χ3v) is 15.5. The fraction of sp³-hybridized carbons (Fsp3) is 0.926. The van der Waals surface area contributed by atoms with Crippen molar-refractivity contribution in [3.05, 3.63) is 12.2 Å². The van der Waals surface area contributed by atoms with Gasteiger partial charge in [-0.15, -0.1) is 0 Å². The van der Waals surface area contributed by atoms with Crippen LogP contribution in [0.4, 0.5) is 0 Å². The maximum atomic E-state index is 12.8. The van der Waals surface area contributed by atoms with E-state index in [4.69, 9.17) is 14.2 Å². The summed E-state index contributed by atoms with van der Waals surface area (Å²) in [5.41, 5.74) is 0. The van der Waals surface area contributed by atoms with Crippen LogP contribution < -0.4 is 0 Å². The standard InChI is InChI=1S/C68H130O6/c1-4-7-10-13-16-19-22-24-25-26-27-28-29-30-31-32-33-34-35-36-37-38-39-40-41-42-44-46-49-52-55-58-61-67(70)73-64-65(63-72-66(69)60-57-54-51-48-45-21-18-15-12-9-6-3)74-68(71)62-59-56-53-50-47-43-23-20-17-14-11-8-5-2/h15,18,65H,4-14,16-17,19-64H2,1-3H3/b18-15-. The Bertz CT molecular complexity index is 1150. The molecule has 0 aliphatic heterocycles. The van der Waals surface area contributed by atoms with Crippen LogP contribution in [0.3, 0.4) is 0 Å². The van der Waals surface area contributed by atoms with Gasteiger partial charge in [0.2, 0.25) is 0 Å². The molecule has 0 aromatic heterocycles. The van der Waals surface area contributed by atoms with E-state index in [-0.39, 0.29) is 31.1 Å². The summed E-state index contributed by atoms with van der Waals surface area (Å²) >= 11 is 0. The van der Waals surface area contributed by atoms with E-state index < -0.39 is 6.10 Å². The van der Waals surface area contributed by atoms with Crippen LogP contribution in [0.15, 0.2) is 12.2 Å². The molecule has 0 aliphatic rings. The summed E-state index contributed by atoms with van der Waals surface area (Å²) in [5, 5.41) is 0. The highest BCUT2D eigenvalue weighted by Gasteiger charge is 2.19. The number of esters is 3. The molecule has 0 rings (SSSR count). The SMILES string of the molecule is CCCC/C=C\CCCCCCCC(=O)OCC(COC(=O)CCCCCCCCCCCCCCCCCCCCCCCCCCCCCCCCCC)OC(=O)CCCCCCCCCCCCCCC. The van der Waals surface area contributed by atoms with Crippen molar-refractivity contribution in [2.45, 2.75) is 393 Å². The lowest BCUT2D eigenvalue weighted by atomic mass is 10.0. The number of hydrogen-bond donors (Lipinski definition) is 0. The van der Waals surface area contributed by atoms with Gasteiger partial charge < -0.3 is 14.2 Å². The predicted octanol–water partition coefficient (Wildman–Crippen LogP) is 22.8. The van der Waals surface area contributed by atoms with Crippen molar-refractivity contribution in [1.82, 2.24) is 0 Å². The van der Waals surface area contributed by atoms with Gasteiger partial charge >= 0.3 is 17.9 Å². The molecule has 1 atom stereocenters. The smallest absolute Gasteiger partial charge is 0.306 e. The number of ether oxygens (including phenoxy) is 3. The van der Waals surface area contributed by atoms with E-state index in [9.17, 15) is 14.4 Å². The first-order valence-electron chi connectivity index (χ1n) is 33.7. The lowest BCUT2D eigenvalue weighted by Crippen LogP contribution is -2.30. The molecule has 0 radical (unpaired) electrons. The molecule has 438 valence electrons. The van der Waals surface area contributed by atoms with E-state index in [1.54, 1.807) is 0 Å². The largest absolute Gasteiger partial charge is 0.462 e. The normalized spacial score (nSPS) is 12.0. The molecule has 0 saturated carbocycles. The van der Waals surface area contributed by atoms with Crippen molar-refractivity contribution in [2.24, 2.45) is 0 Å². The van der Waals surface area contributed by atoms with Crippen LogP contribution in [0.25, 0.3) is 0 Å². The van der Waals surface area contributed by atoms with Gasteiger partial charge in [0.15, 0.2) is 6.10 Å². The predicted molar refractivity (Wildman–Crippen MR) is 321 cm³/mol. The summed E-state index contributed by atoms with van der Waals surface area (Å²) in [4.78, 5) is 38.2. The Hall–Kier alpha value is -1.85. The average Bonchev–Trinajstić information content (AvgIpc) is 3.40. The lowest BCUT2D eigenvalue weighted by Gasteiger charge is -2.18. The summed E-state index contributed by atoms with van der Waals surface area (Å²) in [7, 11) is 0. The Morgan fingerprint density at radius 1 is 0.257 bits per heavy atom. The third kappa shape index (κ3) is 61.0. The second-order valence-corrected chi connectivity index (χ2v) is 23.1. The van der Waals surface area contributed by atoms with Crippen molar-refractivity contribution < 1.29 is 28.6 Å². The van der Waals surface area contributed by atoms with Crippen molar-refractivity contribution >= 4 is 17.9 Å². The van der Waals surface area contributed by atoms with Crippen LogP contribution in [-0.4, -0.2) is 37.2 Å². The average molecular weight is 1040 g/mol. The van der Waals surface area contributed by atoms with Gasteiger partial charge in [0.25, 0.3) is 0 Å². The zero-order chi connectivity index (χ0) is 53.6. The van der Waals surface area contributed by atoms with E-state index in [0.717, 1.165) is 64.2 Å². The van der Waals surface area contributed by atoms with E-state index in [1.165, 1.54) is 283 Å². The van der Waals surface area contributed by atoms with Crippen molar-refractivity contribution in [3.8, 4) is 0 Å². The van der Waals surface area contributed by atoms with Gasteiger partial charge in [-0.2, -0.15) is 0 Å². The number of carbonyl (C=O) groups is 3. The van der Waals surface area contributed by atoms with Gasteiger partial charge in [0, 0.05) is 19.3 Å². The minimum absolute atomic E-state index is 0.0665. The maximum absolute atomic E-state index is 12.8. The van der Waals surface area contributed by atoms with Crippen molar-refractivity contribution in [3.63, 3.8) is 0 Å². The van der Waals surface area contributed by atoms with Crippen LogP contribution in [0, 0.1) is 0 Å². The molecule has 0 spiro atoms. The fourth-order valence-corrected chi connectivity index (χ4v) is 10.4. The number of rotatable bonds is 63. The molecule has 0 heterocycles. The minimum atomic E-state index is -0.768. The van der Waals surface area contributed by atoms with Gasteiger partial charge in [-0.05, 0) is 38.5 Å². The van der Waals surface area contributed by atoms with E-state index >= 15 is 0 Å². The van der Waals surface area contributed by atoms with Gasteiger partial charge in [0.1, 0.15) is 13.2 Å². The molecule has 0 aliphatic carbocycles. The monoisotopic (exact) mass is 1040 g/mol. The van der Waals surface area contributed by atoms with E-state index in [0.29, 0.717) is 19.3 Å². The molecule has 0 N–H and O–H groups in total. The molecule has 0 saturated heterocycles. The second-order valence-electron chi connectivity index (χ2n) is 23.1. The zero-order valence-electron chi connectivity index (χ0n) is 50.4. The molecule has 1 unspecified atom stereocenters. The van der Waals surface area contributed by atoms with Gasteiger partial charge in [0.05, 0.1) is 0 Å². The van der Waals surface area contributed by atoms with E-state index in [1.807, 2.05) is 0 Å². The Morgan fingerprint density at radius 3 is 0.716 bits per heavy atom. The molecule has 6 nitrogen and oxygen atoms in total. The van der Waals surface area contributed by atoms with Gasteiger partial charge in [-0.3, -0.25) is 14.4 Å². The van der Waals surface area contributed by atoms with Crippen LogP contribution >= 0.6 is 0 Å². The minimum Gasteiger partial charge on any atom is -0.462 e. The summed E-state index contributed by atoms with van der Waals surface area (Å²) < 4.78 is 16.9. The first-order valence-corrected chi connectivity index (χ1v) is 33.7. The molecule has 74 heavy (non-hydrogen) atoms. The van der Waals surface area contributed by atoms with Crippen molar-refractivity contribution in [1.29, 1.82) is 0 Å². The summed E-state index contributed by atoms with van der Waals surface area (Å²) in [6.07, 6.45) is 75.5. The first-order chi connectivity index (χ1) is 36.5. The Morgan fingerprint density at radius 2 is 0.459 bits per heavy atom. The van der Waals surface area contributed by atoms with Crippen LogP contribution in [0.5, 0.6) is 0 Å². The molecular formula is C68H130O6. The highest BCUT2D eigenvalue weighted by Crippen LogP contribution is 2.19. The number of hydrogen-bond acceptors (Lipinski definition) is 6. The zero-order valence-corrected chi connectivity index (χ0v) is 50.4. The molecule has 0 bridgehead atoms. The number of carbonyl (C=O) groups excluding carboxylic acids is 3. The van der Waals surface area contributed by atoms with Crippen molar-refractivity contribution in [2.75, 3.05) is 13.2 Å². The molecule has 0 aromatic rings. The molecule has 0 fully saturated rings. The summed E-state index contributed by atoms with van der Waals surface area (Å²) in [6, 6.07) is 0. The van der Waals surface area contributed by atoms with E-state index in [2.05, 4.69) is 32.9 Å². The molecule has 6 heteroatoms. The number of allylic oxidation sites excluding steroid dienone is 2. The van der Waals surface area contributed by atoms with Gasteiger partial charge in [-0.1, -0.05) is 341 Å². The van der Waals surface area contributed by atoms with Crippen LogP contribution in [0.1, 0.15) is 387 Å². The quantitative estimate of drug-likeness (QED) is 0.0261. The Kier molecular flexibility index (Phi) is 62.1. The van der Waals surface area contributed by atoms with Crippen LogP contribution in [-0.2, 0) is 28.6 Å². The fourth-order valence-electron chi connectivity index (χ4n) is 10.4. The first kappa shape index (κ1) is 72.2. The lowest BCUT2D eigenvalue weighted by molar-refractivity contribution is -0.167. The highest BCUT2D eigenvalue weighted by atomic mass is 16.6. The summed E-state index contributed by atoms with van der Waals surface area (Å²) in [5.74, 6) is -0.850.